The Hall–Kier alpha value is -2.04. The summed E-state index contributed by atoms with van der Waals surface area (Å²) in [4.78, 5) is 50.8. The van der Waals surface area contributed by atoms with Crippen LogP contribution in [0.25, 0.3) is 0 Å². The Balaban J connectivity index is 1.57. The van der Waals surface area contributed by atoms with E-state index in [1.165, 1.54) is 10.6 Å². The standard InChI is InChI=1S/C22H28N4O4P2/c1-13-23-19(27)9-10-20(28)24(23)14(2)31(13)17-7-5-6-8-18(17)32-15(3)25-21(29)11-12-22(30)26(25)16(32)4/h5-8,13-16H,9-12H2,1-4H3/t13-,14-,15-,16-/m1/s1. The molecule has 4 fully saturated rings. The molecule has 5 rings (SSSR count). The molecule has 4 amide bonds. The molecule has 0 bridgehead atoms. The average Bonchev–Trinajstić information content (AvgIpc) is 3.19. The number of hydrogen-bond acceptors (Lipinski definition) is 4. The molecule has 0 aliphatic carbocycles. The van der Waals surface area contributed by atoms with E-state index < -0.39 is 15.8 Å². The van der Waals surface area contributed by atoms with E-state index in [0.717, 1.165) is 0 Å². The zero-order valence-electron chi connectivity index (χ0n) is 18.8. The topological polar surface area (TPSA) is 81.2 Å². The Morgan fingerprint density at radius 1 is 0.562 bits per heavy atom. The van der Waals surface area contributed by atoms with E-state index in [9.17, 15) is 19.2 Å². The van der Waals surface area contributed by atoms with Crippen LogP contribution < -0.4 is 10.6 Å². The van der Waals surface area contributed by atoms with Gasteiger partial charge in [0.05, 0.1) is 23.1 Å². The van der Waals surface area contributed by atoms with Gasteiger partial charge in [-0.05, 0) is 54.1 Å². The number of hydrogen-bond donors (Lipinski definition) is 0. The molecule has 32 heavy (non-hydrogen) atoms. The third kappa shape index (κ3) is 2.95. The van der Waals surface area contributed by atoms with Crippen molar-refractivity contribution >= 4 is 50.1 Å². The maximum absolute atomic E-state index is 12.7. The second kappa shape index (κ2) is 7.78. The van der Waals surface area contributed by atoms with Gasteiger partial charge in [-0.3, -0.25) is 19.2 Å². The molecule has 0 aromatic heterocycles. The highest BCUT2D eigenvalue weighted by molar-refractivity contribution is 7.73. The Morgan fingerprint density at radius 2 is 0.812 bits per heavy atom. The highest BCUT2D eigenvalue weighted by Crippen LogP contribution is 2.60. The lowest BCUT2D eigenvalue weighted by Gasteiger charge is -2.35. The van der Waals surface area contributed by atoms with Crippen molar-refractivity contribution in [2.75, 3.05) is 0 Å². The summed E-state index contributed by atoms with van der Waals surface area (Å²) in [6, 6.07) is 8.28. The molecule has 4 aliphatic heterocycles. The van der Waals surface area contributed by atoms with Gasteiger partial charge in [0.25, 0.3) is 0 Å². The maximum Gasteiger partial charge on any atom is 0.242 e. The van der Waals surface area contributed by atoms with Crippen LogP contribution in [0.1, 0.15) is 53.4 Å². The van der Waals surface area contributed by atoms with Crippen LogP contribution in [0.15, 0.2) is 24.3 Å². The summed E-state index contributed by atoms with van der Waals surface area (Å²) in [7, 11) is -1.73. The first-order valence-electron chi connectivity index (χ1n) is 11.2. The minimum absolute atomic E-state index is 0.0131. The second-order valence-corrected chi connectivity index (χ2v) is 14.4. The van der Waals surface area contributed by atoms with Gasteiger partial charge in [-0.2, -0.15) is 0 Å². The smallest absolute Gasteiger partial charge is 0.242 e. The van der Waals surface area contributed by atoms with E-state index >= 15 is 0 Å². The van der Waals surface area contributed by atoms with Crippen LogP contribution in [0.5, 0.6) is 0 Å². The van der Waals surface area contributed by atoms with E-state index in [4.69, 9.17) is 0 Å². The van der Waals surface area contributed by atoms with Crippen LogP contribution in [-0.2, 0) is 19.2 Å². The van der Waals surface area contributed by atoms with Crippen molar-refractivity contribution < 1.29 is 19.2 Å². The van der Waals surface area contributed by atoms with Gasteiger partial charge in [0.1, 0.15) is 0 Å². The van der Waals surface area contributed by atoms with Crippen molar-refractivity contribution in [1.82, 2.24) is 20.0 Å². The van der Waals surface area contributed by atoms with Crippen molar-refractivity contribution in [3.63, 3.8) is 0 Å². The number of nitrogens with zero attached hydrogens (tertiary/aromatic N) is 4. The molecule has 0 N–H and O–H groups in total. The first-order chi connectivity index (χ1) is 15.2. The summed E-state index contributed by atoms with van der Waals surface area (Å²) in [6.07, 6.45) is 1.08. The fourth-order valence-electron chi connectivity index (χ4n) is 5.72. The van der Waals surface area contributed by atoms with Gasteiger partial charge >= 0.3 is 0 Å². The number of hydrazine groups is 2. The van der Waals surface area contributed by atoms with Crippen molar-refractivity contribution in [2.24, 2.45) is 0 Å². The molecule has 170 valence electrons. The van der Waals surface area contributed by atoms with Gasteiger partial charge in [-0.15, -0.1) is 0 Å². The molecule has 10 heteroatoms. The Labute approximate surface area is 190 Å². The lowest BCUT2D eigenvalue weighted by molar-refractivity contribution is -0.170. The van der Waals surface area contributed by atoms with Gasteiger partial charge in [-0.25, -0.2) is 20.0 Å². The first kappa shape index (κ1) is 21.8. The quantitative estimate of drug-likeness (QED) is 0.615. The lowest BCUT2D eigenvalue weighted by atomic mass is 10.2. The molecule has 1 aromatic rings. The Bertz CT molecular complexity index is 884. The monoisotopic (exact) mass is 474 g/mol. The summed E-state index contributed by atoms with van der Waals surface area (Å²) in [6.45, 7) is 8.18. The van der Waals surface area contributed by atoms with Gasteiger partial charge in [0.15, 0.2) is 0 Å². The number of fused-ring (bicyclic) bond motifs is 2. The minimum Gasteiger partial charge on any atom is -0.273 e. The molecule has 0 radical (unpaired) electrons. The van der Waals surface area contributed by atoms with E-state index in [1.54, 1.807) is 20.0 Å². The summed E-state index contributed by atoms with van der Waals surface area (Å²) < 4.78 is 0. The van der Waals surface area contributed by atoms with Crippen LogP contribution in [0.3, 0.4) is 0 Å². The second-order valence-electron chi connectivity index (χ2n) is 8.78. The number of carbonyl (C=O) groups is 4. The summed E-state index contributed by atoms with van der Waals surface area (Å²) in [5.74, 6) is -0.254. The first-order valence-corrected chi connectivity index (χ1v) is 14.1. The Morgan fingerprint density at radius 3 is 1.06 bits per heavy atom. The molecule has 0 spiro atoms. The number of rotatable bonds is 2. The SMILES string of the molecule is C[C@@H]1N2C(=O)CCC(=O)N2[C@@H](C)P1c1ccccc1P1[C@H](C)N2C(=O)CCC(=O)N2[C@H]1C. The molecule has 4 heterocycles. The fourth-order valence-corrected chi connectivity index (χ4v) is 12.4. The van der Waals surface area contributed by atoms with Crippen LogP contribution in [-0.4, -0.2) is 66.8 Å². The average molecular weight is 474 g/mol. The summed E-state index contributed by atoms with van der Waals surface area (Å²) in [5.41, 5.74) is 0. The zero-order chi connectivity index (χ0) is 22.9. The molecule has 4 atom stereocenters. The van der Waals surface area contributed by atoms with Crippen LogP contribution in [0.4, 0.5) is 0 Å². The molecule has 4 aliphatic rings. The van der Waals surface area contributed by atoms with E-state index in [2.05, 4.69) is 12.1 Å². The van der Waals surface area contributed by atoms with Crippen LogP contribution >= 0.6 is 15.8 Å². The van der Waals surface area contributed by atoms with Gasteiger partial charge in [0, 0.05) is 25.7 Å². The van der Waals surface area contributed by atoms with Crippen LogP contribution in [0.2, 0.25) is 0 Å². The largest absolute Gasteiger partial charge is 0.273 e. The summed E-state index contributed by atoms with van der Waals surface area (Å²) in [5, 5.41) is 9.12. The van der Waals surface area contributed by atoms with Crippen molar-refractivity contribution in [3.8, 4) is 0 Å². The molecule has 0 unspecified atom stereocenters. The van der Waals surface area contributed by atoms with Crippen molar-refractivity contribution in [1.29, 1.82) is 0 Å². The van der Waals surface area contributed by atoms with E-state index in [1.807, 2.05) is 39.8 Å². The number of benzene rings is 1. The van der Waals surface area contributed by atoms with Gasteiger partial charge in [-0.1, -0.05) is 24.3 Å². The highest BCUT2D eigenvalue weighted by atomic mass is 31.1. The Kier molecular flexibility index (Phi) is 5.29. The predicted octanol–water partition coefficient (Wildman–Crippen LogP) is 2.04. The van der Waals surface area contributed by atoms with E-state index in [-0.39, 0.29) is 72.4 Å². The van der Waals surface area contributed by atoms with Crippen LogP contribution in [0, 0.1) is 0 Å². The van der Waals surface area contributed by atoms with Gasteiger partial charge < -0.3 is 0 Å². The normalized spacial score (nSPS) is 31.6. The third-order valence-electron chi connectivity index (χ3n) is 7.06. The highest BCUT2D eigenvalue weighted by Gasteiger charge is 2.54. The molecule has 1 aromatic carbocycles. The van der Waals surface area contributed by atoms with Gasteiger partial charge in [0.2, 0.25) is 23.6 Å². The fraction of sp³-hybridized carbons (Fsp3) is 0.545. The molecule has 8 nitrogen and oxygen atoms in total. The van der Waals surface area contributed by atoms with Crippen molar-refractivity contribution in [2.45, 2.75) is 76.5 Å². The molecular weight excluding hydrogens is 446 g/mol. The number of carbonyl (C=O) groups excluding carboxylic acids is 4. The van der Waals surface area contributed by atoms with Crippen molar-refractivity contribution in [3.05, 3.63) is 24.3 Å². The summed E-state index contributed by atoms with van der Waals surface area (Å²) >= 11 is 0. The zero-order valence-corrected chi connectivity index (χ0v) is 20.6. The minimum atomic E-state index is -0.865. The number of amides is 4. The maximum atomic E-state index is 12.7. The molecule has 4 saturated heterocycles. The molecule has 0 saturated carbocycles. The van der Waals surface area contributed by atoms with E-state index in [0.29, 0.717) is 0 Å². The lowest BCUT2D eigenvalue weighted by Crippen LogP contribution is -2.53. The predicted molar refractivity (Wildman–Crippen MR) is 123 cm³/mol. The molecular formula is C22H28N4O4P2. The third-order valence-corrected chi connectivity index (χ3v) is 13.2.